The molecule has 0 aliphatic rings. The molecule has 5 nitrogen and oxygen atoms in total. The van der Waals surface area contributed by atoms with Gasteiger partial charge in [0.15, 0.2) is 0 Å². The molecule has 0 amide bonds. The number of rotatable bonds is 0. The second kappa shape index (κ2) is 6.95. The number of aromatic nitrogens is 1. The van der Waals surface area contributed by atoms with E-state index in [1.54, 1.807) is 12.4 Å². The maximum atomic E-state index is 8.97. The smallest absolute Gasteiger partial charge is 0.329 e. The van der Waals surface area contributed by atoms with Gasteiger partial charge in [-0.05, 0) is 6.20 Å². The molecule has 3 N–H and O–H groups in total. The van der Waals surface area contributed by atoms with Crippen LogP contribution in [0.25, 0.3) is 0 Å². The number of hydrogen-bond donors (Lipinski definition) is 2. The zero-order valence-corrected chi connectivity index (χ0v) is 8.03. The molecular weight excluding hydrogens is 187 g/mol. The number of hydrogen-bond acceptors (Lipinski definition) is 3. The van der Waals surface area contributed by atoms with Crippen LogP contribution in [-0.2, 0) is 10.3 Å². The summed E-state index contributed by atoms with van der Waals surface area (Å²) in [5.41, 5.74) is 0.961. The molecule has 0 unspecified atom stereocenters. The Morgan fingerprint density at radius 3 is 2.15 bits per heavy atom. The summed E-state index contributed by atoms with van der Waals surface area (Å²) in [7, 11) is -4.17. The van der Waals surface area contributed by atoms with E-state index in [1.807, 2.05) is 12.1 Å². The van der Waals surface area contributed by atoms with Crippen LogP contribution in [0.15, 0.2) is 24.5 Å². The van der Waals surface area contributed by atoms with Crippen molar-refractivity contribution in [1.82, 2.24) is 4.98 Å². The Morgan fingerprint density at radius 2 is 2.00 bits per heavy atom. The van der Waals surface area contributed by atoms with Crippen LogP contribution in [0.2, 0.25) is 0 Å². The van der Waals surface area contributed by atoms with Crippen LogP contribution in [0.4, 0.5) is 0 Å². The third-order valence-electron chi connectivity index (χ3n) is 0.723. The van der Waals surface area contributed by atoms with Crippen LogP contribution in [-0.4, -0.2) is 18.0 Å². The molecule has 0 aliphatic heterocycles. The van der Waals surface area contributed by atoms with E-state index in [4.69, 9.17) is 13.0 Å². The Morgan fingerprint density at radius 1 is 1.54 bits per heavy atom. The molecule has 13 heavy (non-hydrogen) atoms. The zero-order chi connectivity index (χ0) is 9.61. The Balaban J connectivity index is 0. The monoisotopic (exact) mass is 196 g/mol. The van der Waals surface area contributed by atoms with Crippen molar-refractivity contribution in [1.29, 1.82) is 0 Å². The van der Waals surface area contributed by atoms with E-state index >= 15 is 0 Å². The van der Waals surface area contributed by atoms with E-state index in [-0.39, 0.29) is 18.9 Å². The van der Waals surface area contributed by atoms with Gasteiger partial charge in [0.25, 0.3) is 0 Å². The van der Waals surface area contributed by atoms with Crippen LogP contribution in [0.1, 0.15) is 5.56 Å². The van der Waals surface area contributed by atoms with Crippen molar-refractivity contribution in [2.24, 2.45) is 5.14 Å². The van der Waals surface area contributed by atoms with Crippen molar-refractivity contribution < 1.29 is 31.8 Å². The molecule has 1 heterocycles. The van der Waals surface area contributed by atoms with Crippen molar-refractivity contribution in [2.75, 3.05) is 0 Å². The van der Waals surface area contributed by atoms with Gasteiger partial charge in [0, 0.05) is 0 Å². The van der Waals surface area contributed by atoms with Gasteiger partial charge in [-0.1, -0.05) is 6.20 Å². The molecule has 7 heteroatoms. The van der Waals surface area contributed by atoms with Crippen molar-refractivity contribution >= 4 is 10.3 Å². The minimum atomic E-state index is -4.17. The molecule has 0 bridgehead atoms. The topological polar surface area (TPSA) is 93.3 Å². The van der Waals surface area contributed by atoms with Gasteiger partial charge in [0.05, 0.1) is 0 Å². The largest absolute Gasteiger partial charge is 1.00 e. The molecule has 0 atom stereocenters. The number of nitrogens with two attached hydrogens (primary N) is 1. The quantitative estimate of drug-likeness (QED) is 0.263. The standard InChI is InChI=1S/C6H6N.Li.H3NO3S/c1-6-3-2-4-7-5-6;;1-5(2,3)4/h2-5H,1H2;;(H3,1,2,3,4)/q-1;+1;. The van der Waals surface area contributed by atoms with Crippen LogP contribution >= 0.6 is 0 Å². The average Bonchev–Trinajstić information content (AvgIpc) is 1.85. The number of nitrogens with zero attached hydrogens (tertiary/aromatic N) is 1. The summed E-state index contributed by atoms with van der Waals surface area (Å²) in [5.74, 6) is 0. The summed E-state index contributed by atoms with van der Waals surface area (Å²) in [6.07, 6.45) is 3.45. The van der Waals surface area contributed by atoms with Gasteiger partial charge in [-0.15, -0.1) is 6.07 Å². The van der Waals surface area contributed by atoms with Gasteiger partial charge >= 0.3 is 29.2 Å². The molecule has 0 fully saturated rings. The third kappa shape index (κ3) is 18.4. The molecule has 0 saturated heterocycles. The summed E-state index contributed by atoms with van der Waals surface area (Å²) in [6, 6.07) is 3.77. The van der Waals surface area contributed by atoms with E-state index in [9.17, 15) is 0 Å². The predicted octanol–water partition coefficient (Wildman–Crippen LogP) is -2.98. The van der Waals surface area contributed by atoms with Crippen molar-refractivity contribution in [3.63, 3.8) is 0 Å². The Kier molecular flexibility index (Phi) is 8.00. The first kappa shape index (κ1) is 15.0. The molecule has 68 valence electrons. The van der Waals surface area contributed by atoms with Crippen LogP contribution < -0.4 is 24.0 Å². The molecule has 1 aromatic rings. The van der Waals surface area contributed by atoms with Gasteiger partial charge in [0.2, 0.25) is 0 Å². The average molecular weight is 196 g/mol. The molecule has 1 rings (SSSR count). The molecule has 1 aromatic heterocycles. The van der Waals surface area contributed by atoms with E-state index in [1.165, 1.54) is 0 Å². The fourth-order valence-electron chi connectivity index (χ4n) is 0.398. The maximum absolute atomic E-state index is 8.97. The summed E-state index contributed by atoms with van der Waals surface area (Å²) >= 11 is 0. The molecular formula is C6H9LiN2O3S. The minimum Gasteiger partial charge on any atom is -0.329 e. The van der Waals surface area contributed by atoms with E-state index < -0.39 is 10.3 Å². The molecule has 0 saturated carbocycles. The van der Waals surface area contributed by atoms with Crippen molar-refractivity contribution in [3.05, 3.63) is 37.0 Å². The molecule has 0 aliphatic carbocycles. The van der Waals surface area contributed by atoms with Crippen LogP contribution in [0, 0.1) is 6.92 Å². The fraction of sp³-hybridized carbons (Fsp3) is 0. The first-order valence-corrected chi connectivity index (χ1v) is 4.37. The van der Waals surface area contributed by atoms with Gasteiger partial charge in [-0.2, -0.15) is 27.0 Å². The second-order valence-corrected chi connectivity index (χ2v) is 2.91. The zero-order valence-electron chi connectivity index (χ0n) is 7.21. The first-order chi connectivity index (χ1) is 5.39. The Bertz CT molecular complexity index is 306. The third-order valence-corrected chi connectivity index (χ3v) is 0.723. The summed E-state index contributed by atoms with van der Waals surface area (Å²) in [6.45, 7) is 3.66. The van der Waals surface area contributed by atoms with Gasteiger partial charge in [0.1, 0.15) is 0 Å². The first-order valence-electron chi connectivity index (χ1n) is 2.87. The van der Waals surface area contributed by atoms with Crippen LogP contribution in [0.5, 0.6) is 0 Å². The van der Waals surface area contributed by atoms with Gasteiger partial charge in [-0.25, -0.2) is 5.14 Å². The fourth-order valence-corrected chi connectivity index (χ4v) is 0.398. The number of pyridine rings is 1. The summed E-state index contributed by atoms with van der Waals surface area (Å²) in [5, 5.41) is 3.88. The van der Waals surface area contributed by atoms with E-state index in [0.717, 1.165) is 5.56 Å². The normalized spacial score (nSPS) is 9.08. The summed E-state index contributed by atoms with van der Waals surface area (Å²) < 4.78 is 25.2. The van der Waals surface area contributed by atoms with Crippen molar-refractivity contribution in [2.45, 2.75) is 0 Å². The van der Waals surface area contributed by atoms with Crippen molar-refractivity contribution in [3.8, 4) is 0 Å². The van der Waals surface area contributed by atoms with E-state index in [0.29, 0.717) is 0 Å². The second-order valence-electron chi connectivity index (χ2n) is 1.88. The predicted molar refractivity (Wildman–Crippen MR) is 44.4 cm³/mol. The minimum absolute atomic E-state index is 0. The molecule has 0 spiro atoms. The van der Waals surface area contributed by atoms with E-state index in [2.05, 4.69) is 17.0 Å². The molecule has 0 aromatic carbocycles. The van der Waals surface area contributed by atoms with Gasteiger partial charge < -0.3 is 4.98 Å². The summed E-state index contributed by atoms with van der Waals surface area (Å²) in [4.78, 5) is 3.82. The SMILES string of the molecule is NS(=O)(=O)O.[CH2-]c1cccnc1.[Li+]. The maximum Gasteiger partial charge on any atom is 1.00 e. The molecule has 0 radical (unpaired) electrons. The Hall–Kier alpha value is -0.513. The van der Waals surface area contributed by atoms with Crippen LogP contribution in [0.3, 0.4) is 0 Å². The van der Waals surface area contributed by atoms with Gasteiger partial charge in [-0.3, -0.25) is 4.55 Å². The Labute approximate surface area is 89.4 Å².